The molecule has 2 bridgehead atoms. The molecule has 0 fully saturated rings. The van der Waals surface area contributed by atoms with Gasteiger partial charge in [0.2, 0.25) is 0 Å². The highest BCUT2D eigenvalue weighted by Gasteiger charge is 2.31. The van der Waals surface area contributed by atoms with Crippen molar-refractivity contribution in [3.05, 3.63) is 47.0 Å². The van der Waals surface area contributed by atoms with Crippen molar-refractivity contribution in [1.29, 1.82) is 0 Å². The van der Waals surface area contributed by atoms with Gasteiger partial charge in [-0.3, -0.25) is 4.79 Å². The number of carbonyl (C=O) groups excluding carboxylic acids is 2. The summed E-state index contributed by atoms with van der Waals surface area (Å²) in [7, 11) is 0. The van der Waals surface area contributed by atoms with Crippen LogP contribution in [0.2, 0.25) is 0 Å². The minimum Gasteiger partial charge on any atom is -0.455 e. The molecule has 0 radical (unpaired) electrons. The standard InChI is InChI=1S/C25H36O6/c1-5-17(15-26)11-16(2)22-14-20(27)9-10-25(3,4)19-8-6-7-18(12-19)13-21(28)23(29)24(30)31-22/h6-8,11-12,17,21-23,26,28-29H,5,9-10,13-15H2,1-4H3/b16-11-/t17-,21-,22+,23+/m1/s1. The Bertz CT molecular complexity index is 793. The number of hydrogen-bond donors (Lipinski definition) is 3. The van der Waals surface area contributed by atoms with Gasteiger partial charge in [0.25, 0.3) is 0 Å². The number of cyclic esters (lactones) is 1. The van der Waals surface area contributed by atoms with Crippen LogP contribution in [0.1, 0.15) is 64.5 Å². The van der Waals surface area contributed by atoms with E-state index in [0.717, 1.165) is 11.1 Å². The smallest absolute Gasteiger partial charge is 0.338 e. The van der Waals surface area contributed by atoms with Crippen LogP contribution in [0.4, 0.5) is 0 Å². The maximum absolute atomic E-state index is 12.8. The number of esters is 1. The van der Waals surface area contributed by atoms with Gasteiger partial charge in [0.15, 0.2) is 6.10 Å². The fourth-order valence-corrected chi connectivity index (χ4v) is 3.82. The third-order valence-electron chi connectivity index (χ3n) is 6.22. The molecule has 0 spiro atoms. The van der Waals surface area contributed by atoms with Gasteiger partial charge in [0.05, 0.1) is 6.10 Å². The number of carbonyl (C=O) groups is 2. The molecule has 0 saturated carbocycles. The van der Waals surface area contributed by atoms with E-state index >= 15 is 0 Å². The van der Waals surface area contributed by atoms with E-state index in [1.807, 2.05) is 37.3 Å². The van der Waals surface area contributed by atoms with Gasteiger partial charge in [-0.2, -0.15) is 0 Å². The van der Waals surface area contributed by atoms with E-state index < -0.39 is 24.3 Å². The molecule has 0 aliphatic carbocycles. The van der Waals surface area contributed by atoms with Crippen molar-refractivity contribution in [2.45, 2.75) is 83.5 Å². The zero-order valence-corrected chi connectivity index (χ0v) is 19.0. The minimum absolute atomic E-state index is 0.00509. The molecule has 1 aliphatic rings. The molecular weight excluding hydrogens is 396 g/mol. The van der Waals surface area contributed by atoms with Gasteiger partial charge < -0.3 is 20.1 Å². The maximum atomic E-state index is 12.8. The highest BCUT2D eigenvalue weighted by atomic mass is 16.6. The second-order valence-electron chi connectivity index (χ2n) is 9.23. The van der Waals surface area contributed by atoms with Crippen molar-refractivity contribution >= 4 is 11.8 Å². The molecule has 6 heteroatoms. The lowest BCUT2D eigenvalue weighted by Crippen LogP contribution is -2.39. The first-order valence-electron chi connectivity index (χ1n) is 11.0. The van der Waals surface area contributed by atoms with Crippen molar-refractivity contribution in [2.24, 2.45) is 5.92 Å². The molecule has 1 heterocycles. The summed E-state index contributed by atoms with van der Waals surface area (Å²) in [5.41, 5.74) is 2.25. The molecule has 6 nitrogen and oxygen atoms in total. The van der Waals surface area contributed by atoms with Crippen LogP contribution in [0.15, 0.2) is 35.9 Å². The number of hydrogen-bond acceptors (Lipinski definition) is 6. The Morgan fingerprint density at radius 2 is 1.97 bits per heavy atom. The van der Waals surface area contributed by atoms with Crippen molar-refractivity contribution < 1.29 is 29.6 Å². The predicted octanol–water partition coefficient (Wildman–Crippen LogP) is 2.86. The van der Waals surface area contributed by atoms with Crippen molar-refractivity contribution in [1.82, 2.24) is 0 Å². The lowest BCUT2D eigenvalue weighted by atomic mass is 9.78. The first-order chi connectivity index (χ1) is 14.6. The molecule has 31 heavy (non-hydrogen) atoms. The third-order valence-corrected chi connectivity index (χ3v) is 6.22. The number of fused-ring (bicyclic) bond motifs is 2. The molecule has 4 atom stereocenters. The summed E-state index contributed by atoms with van der Waals surface area (Å²) in [4.78, 5) is 25.3. The summed E-state index contributed by atoms with van der Waals surface area (Å²) < 4.78 is 5.49. The Labute approximate surface area is 184 Å². The molecule has 2 rings (SSSR count). The average Bonchev–Trinajstić information content (AvgIpc) is 2.74. The fraction of sp³-hybridized carbons (Fsp3) is 0.600. The van der Waals surface area contributed by atoms with Gasteiger partial charge in [0.1, 0.15) is 11.9 Å². The molecule has 172 valence electrons. The van der Waals surface area contributed by atoms with Gasteiger partial charge in [0, 0.05) is 31.8 Å². The molecule has 1 aliphatic heterocycles. The Kier molecular flexibility index (Phi) is 8.98. The summed E-state index contributed by atoms with van der Waals surface area (Å²) in [6.07, 6.45) is -0.289. The van der Waals surface area contributed by atoms with Crippen molar-refractivity contribution in [3.63, 3.8) is 0 Å². The second-order valence-corrected chi connectivity index (χ2v) is 9.23. The van der Waals surface area contributed by atoms with Crippen molar-refractivity contribution in [2.75, 3.05) is 6.61 Å². The Balaban J connectivity index is 2.37. The lowest BCUT2D eigenvalue weighted by Gasteiger charge is -2.28. The summed E-state index contributed by atoms with van der Waals surface area (Å²) in [5.74, 6) is -1.11. The van der Waals surface area contributed by atoms with E-state index in [1.54, 1.807) is 6.92 Å². The Morgan fingerprint density at radius 1 is 1.26 bits per heavy atom. The highest BCUT2D eigenvalue weighted by Crippen LogP contribution is 2.30. The summed E-state index contributed by atoms with van der Waals surface area (Å²) in [6.45, 7) is 7.80. The third kappa shape index (κ3) is 6.99. The largest absolute Gasteiger partial charge is 0.455 e. The molecule has 1 aromatic carbocycles. The number of Topliss-reactive ketones (excluding diaryl/α,β-unsaturated/α-hetero) is 1. The number of ether oxygens (including phenoxy) is 1. The molecule has 0 amide bonds. The van der Waals surface area contributed by atoms with E-state index in [4.69, 9.17) is 4.74 Å². The van der Waals surface area contributed by atoms with Gasteiger partial charge in [-0.15, -0.1) is 0 Å². The molecule has 0 unspecified atom stereocenters. The van der Waals surface area contributed by atoms with Gasteiger partial charge in [-0.05, 0) is 41.9 Å². The fourth-order valence-electron chi connectivity index (χ4n) is 3.82. The molecule has 1 aromatic rings. The maximum Gasteiger partial charge on any atom is 0.338 e. The minimum atomic E-state index is -1.72. The zero-order valence-electron chi connectivity index (χ0n) is 19.0. The van der Waals surface area contributed by atoms with Crippen LogP contribution in [0.25, 0.3) is 0 Å². The van der Waals surface area contributed by atoms with E-state index in [1.165, 1.54) is 0 Å². The second kappa shape index (κ2) is 11.0. The van der Waals surface area contributed by atoms with Crippen LogP contribution in [-0.4, -0.2) is 52.0 Å². The van der Waals surface area contributed by atoms with E-state index in [2.05, 4.69) is 13.8 Å². The van der Waals surface area contributed by atoms with E-state index in [9.17, 15) is 24.9 Å². The monoisotopic (exact) mass is 432 g/mol. The van der Waals surface area contributed by atoms with Crippen LogP contribution in [-0.2, 0) is 26.2 Å². The molecule has 3 N–H and O–H groups in total. The van der Waals surface area contributed by atoms with Crippen LogP contribution in [0, 0.1) is 5.92 Å². The number of benzene rings is 1. The SMILES string of the molecule is CC[C@H](/C=C(/C)[C@@H]1CC(=O)CCC(C)(C)c2cccc(c2)C[C@@H](O)[C@H](O)C(=O)O1)CO. The number of ketones is 1. The molecule has 0 saturated heterocycles. The summed E-state index contributed by atoms with van der Waals surface area (Å²) in [6, 6.07) is 7.67. The lowest BCUT2D eigenvalue weighted by molar-refractivity contribution is -0.164. The average molecular weight is 433 g/mol. The predicted molar refractivity (Wildman–Crippen MR) is 119 cm³/mol. The van der Waals surface area contributed by atoms with Gasteiger partial charge in [-0.1, -0.05) is 51.1 Å². The van der Waals surface area contributed by atoms with Crippen LogP contribution >= 0.6 is 0 Å². The number of rotatable bonds is 4. The van der Waals surface area contributed by atoms with Crippen LogP contribution in [0.5, 0.6) is 0 Å². The van der Waals surface area contributed by atoms with Gasteiger partial charge in [-0.25, -0.2) is 4.79 Å². The van der Waals surface area contributed by atoms with Crippen molar-refractivity contribution in [3.8, 4) is 0 Å². The molecular formula is C25H36O6. The Hall–Kier alpha value is -2.02. The number of aliphatic hydroxyl groups is 3. The van der Waals surface area contributed by atoms with Gasteiger partial charge >= 0.3 is 5.97 Å². The normalized spacial score (nSPS) is 26.7. The highest BCUT2D eigenvalue weighted by molar-refractivity contribution is 5.81. The molecule has 0 aromatic heterocycles. The van der Waals surface area contributed by atoms with E-state index in [0.29, 0.717) is 24.8 Å². The van der Waals surface area contributed by atoms with Crippen LogP contribution < -0.4 is 0 Å². The topological polar surface area (TPSA) is 104 Å². The number of aliphatic hydroxyl groups excluding tert-OH is 3. The summed E-state index contributed by atoms with van der Waals surface area (Å²) >= 11 is 0. The van der Waals surface area contributed by atoms with E-state index in [-0.39, 0.29) is 36.6 Å². The Morgan fingerprint density at radius 3 is 2.61 bits per heavy atom. The first-order valence-corrected chi connectivity index (χ1v) is 11.0. The zero-order chi connectivity index (χ0) is 23.2. The van der Waals surface area contributed by atoms with Crippen LogP contribution in [0.3, 0.4) is 0 Å². The summed E-state index contributed by atoms with van der Waals surface area (Å²) in [5, 5.41) is 30.3. The quantitative estimate of drug-likeness (QED) is 0.499. The first kappa shape index (κ1) is 25.2.